The summed E-state index contributed by atoms with van der Waals surface area (Å²) < 4.78 is 4.96. The molecule has 1 fully saturated rings. The third-order valence-electron chi connectivity index (χ3n) is 4.83. The number of hydrogen-bond acceptors (Lipinski definition) is 5. The molecular weight excluding hydrogens is 364 g/mol. The average molecular weight is 389 g/mol. The van der Waals surface area contributed by atoms with Gasteiger partial charge in [-0.3, -0.25) is 4.79 Å². The van der Waals surface area contributed by atoms with Crippen LogP contribution in [0.4, 0.5) is 5.82 Å². The van der Waals surface area contributed by atoms with Crippen LogP contribution in [-0.4, -0.2) is 60.7 Å². The predicted molar refractivity (Wildman–Crippen MR) is 106 cm³/mol. The lowest BCUT2D eigenvalue weighted by Gasteiger charge is -2.36. The lowest BCUT2D eigenvalue weighted by molar-refractivity contribution is -0.135. The third kappa shape index (κ3) is 4.57. The maximum atomic E-state index is 12.0. The average Bonchev–Trinajstić information content (AvgIpc) is 2.65. The minimum absolute atomic E-state index is 0.0310. The fourth-order valence-electron chi connectivity index (χ4n) is 3.40. The summed E-state index contributed by atoms with van der Waals surface area (Å²) in [5.74, 6) is 1.73. The SMILES string of the molecule is COCC(=O)N1CCN(c2nc(C)nc(C)c2Cc2ccccc2Cl)CC1. The molecule has 1 aliphatic heterocycles. The molecule has 1 saturated heterocycles. The number of aromatic nitrogens is 2. The lowest BCUT2D eigenvalue weighted by Crippen LogP contribution is -2.50. The fourth-order valence-corrected chi connectivity index (χ4v) is 3.60. The number of amides is 1. The van der Waals surface area contributed by atoms with Gasteiger partial charge < -0.3 is 14.5 Å². The minimum Gasteiger partial charge on any atom is -0.375 e. The van der Waals surface area contributed by atoms with E-state index in [9.17, 15) is 4.79 Å². The molecule has 1 aliphatic rings. The molecule has 7 heteroatoms. The second kappa shape index (κ2) is 8.67. The number of rotatable bonds is 5. The molecule has 0 spiro atoms. The normalized spacial score (nSPS) is 14.5. The van der Waals surface area contributed by atoms with Crippen LogP contribution in [-0.2, 0) is 16.0 Å². The Bertz CT molecular complexity index is 820. The van der Waals surface area contributed by atoms with Crippen LogP contribution < -0.4 is 4.90 Å². The van der Waals surface area contributed by atoms with E-state index >= 15 is 0 Å². The van der Waals surface area contributed by atoms with Gasteiger partial charge in [0.15, 0.2) is 0 Å². The molecule has 27 heavy (non-hydrogen) atoms. The first-order valence-electron chi connectivity index (χ1n) is 9.08. The highest BCUT2D eigenvalue weighted by molar-refractivity contribution is 6.31. The third-order valence-corrected chi connectivity index (χ3v) is 5.20. The van der Waals surface area contributed by atoms with Crippen LogP contribution >= 0.6 is 11.6 Å². The van der Waals surface area contributed by atoms with Gasteiger partial charge in [-0.2, -0.15) is 0 Å². The number of nitrogens with zero attached hydrogens (tertiary/aromatic N) is 4. The van der Waals surface area contributed by atoms with Crippen LogP contribution in [0.1, 0.15) is 22.6 Å². The van der Waals surface area contributed by atoms with Gasteiger partial charge in [-0.15, -0.1) is 0 Å². The summed E-state index contributed by atoms with van der Waals surface area (Å²) in [6, 6.07) is 7.86. The van der Waals surface area contributed by atoms with E-state index in [2.05, 4.69) is 9.88 Å². The number of carbonyl (C=O) groups excluding carboxylic acids is 1. The second-order valence-corrected chi connectivity index (χ2v) is 7.13. The van der Waals surface area contributed by atoms with Crippen LogP contribution in [0, 0.1) is 13.8 Å². The molecule has 0 N–H and O–H groups in total. The van der Waals surface area contributed by atoms with Crippen molar-refractivity contribution in [2.45, 2.75) is 20.3 Å². The van der Waals surface area contributed by atoms with Gasteiger partial charge in [0.2, 0.25) is 5.91 Å². The predicted octanol–water partition coefficient (Wildman–Crippen LogP) is 2.63. The van der Waals surface area contributed by atoms with Gasteiger partial charge in [0.05, 0.1) is 0 Å². The van der Waals surface area contributed by atoms with Crippen molar-refractivity contribution in [3.05, 3.63) is 51.9 Å². The number of ether oxygens (including phenoxy) is 1. The highest BCUT2D eigenvalue weighted by Gasteiger charge is 2.24. The van der Waals surface area contributed by atoms with Gasteiger partial charge >= 0.3 is 0 Å². The van der Waals surface area contributed by atoms with Gasteiger partial charge in [-0.05, 0) is 25.5 Å². The summed E-state index contributed by atoms with van der Waals surface area (Å²) in [6.07, 6.45) is 0.684. The zero-order valence-electron chi connectivity index (χ0n) is 16.0. The smallest absolute Gasteiger partial charge is 0.248 e. The maximum Gasteiger partial charge on any atom is 0.248 e. The van der Waals surface area contributed by atoms with Crippen molar-refractivity contribution < 1.29 is 9.53 Å². The van der Waals surface area contributed by atoms with Crippen molar-refractivity contribution in [2.24, 2.45) is 0 Å². The standard InChI is InChI=1S/C20H25ClN4O2/c1-14-17(12-16-6-4-5-7-18(16)21)20(23-15(2)22-14)25-10-8-24(9-11-25)19(26)13-27-3/h4-7H,8-13H2,1-3H3. The number of benzene rings is 1. The van der Waals surface area contributed by atoms with Gasteiger partial charge in [0, 0.05) is 56.0 Å². The molecule has 1 amide bonds. The molecule has 0 unspecified atom stereocenters. The van der Waals surface area contributed by atoms with Crippen molar-refractivity contribution in [3.63, 3.8) is 0 Å². The fraction of sp³-hybridized carbons (Fsp3) is 0.450. The van der Waals surface area contributed by atoms with Crippen molar-refractivity contribution in [1.82, 2.24) is 14.9 Å². The van der Waals surface area contributed by atoms with E-state index in [1.165, 1.54) is 0 Å². The molecule has 6 nitrogen and oxygen atoms in total. The first kappa shape index (κ1) is 19.6. The molecule has 0 atom stereocenters. The Morgan fingerprint density at radius 2 is 1.85 bits per heavy atom. The van der Waals surface area contributed by atoms with E-state index in [0.29, 0.717) is 19.5 Å². The van der Waals surface area contributed by atoms with Crippen molar-refractivity contribution in [1.29, 1.82) is 0 Å². The number of methoxy groups -OCH3 is 1. The molecule has 0 bridgehead atoms. The number of anilines is 1. The largest absolute Gasteiger partial charge is 0.375 e. The molecular formula is C20H25ClN4O2. The van der Waals surface area contributed by atoms with Gasteiger partial charge in [-0.25, -0.2) is 9.97 Å². The molecule has 2 aromatic rings. The molecule has 0 aliphatic carbocycles. The monoisotopic (exact) mass is 388 g/mol. The summed E-state index contributed by atoms with van der Waals surface area (Å²) >= 11 is 6.37. The van der Waals surface area contributed by atoms with E-state index in [1.54, 1.807) is 7.11 Å². The Labute approximate surface area is 165 Å². The van der Waals surface area contributed by atoms with Crippen LogP contribution in [0.25, 0.3) is 0 Å². The number of hydrogen-bond donors (Lipinski definition) is 0. The molecule has 1 aromatic heterocycles. The first-order valence-corrected chi connectivity index (χ1v) is 9.46. The highest BCUT2D eigenvalue weighted by atomic mass is 35.5. The van der Waals surface area contributed by atoms with Gasteiger partial charge in [0.1, 0.15) is 18.2 Å². The van der Waals surface area contributed by atoms with Crippen LogP contribution in [0.15, 0.2) is 24.3 Å². The van der Waals surface area contributed by atoms with E-state index in [4.69, 9.17) is 21.3 Å². The summed E-state index contributed by atoms with van der Waals surface area (Å²) in [7, 11) is 1.54. The number of aryl methyl sites for hydroxylation is 2. The van der Waals surface area contributed by atoms with Gasteiger partial charge in [-0.1, -0.05) is 29.8 Å². The summed E-state index contributed by atoms with van der Waals surface area (Å²) in [5, 5.41) is 0.749. The van der Waals surface area contributed by atoms with E-state index in [0.717, 1.165) is 46.6 Å². The van der Waals surface area contributed by atoms with E-state index < -0.39 is 0 Å². The number of piperazine rings is 1. The maximum absolute atomic E-state index is 12.0. The van der Waals surface area contributed by atoms with Crippen LogP contribution in [0.2, 0.25) is 5.02 Å². The first-order chi connectivity index (χ1) is 13.0. The Kier molecular flexibility index (Phi) is 6.29. The Balaban J connectivity index is 1.83. The van der Waals surface area contributed by atoms with Crippen molar-refractivity contribution >= 4 is 23.3 Å². The summed E-state index contributed by atoms with van der Waals surface area (Å²) in [5.41, 5.74) is 3.12. The highest BCUT2D eigenvalue weighted by Crippen LogP contribution is 2.27. The van der Waals surface area contributed by atoms with E-state index in [1.807, 2.05) is 43.0 Å². The second-order valence-electron chi connectivity index (χ2n) is 6.73. The molecule has 2 heterocycles. The molecule has 1 aromatic carbocycles. The molecule has 144 valence electrons. The lowest BCUT2D eigenvalue weighted by atomic mass is 10.0. The van der Waals surface area contributed by atoms with Crippen molar-refractivity contribution in [2.75, 3.05) is 44.8 Å². The number of carbonyl (C=O) groups is 1. The molecule has 3 rings (SSSR count). The Morgan fingerprint density at radius 3 is 2.52 bits per heavy atom. The quantitative estimate of drug-likeness (QED) is 0.788. The minimum atomic E-state index is 0.0310. The van der Waals surface area contributed by atoms with E-state index in [-0.39, 0.29) is 12.5 Å². The zero-order chi connectivity index (χ0) is 19.4. The Morgan fingerprint density at radius 1 is 1.15 bits per heavy atom. The summed E-state index contributed by atoms with van der Waals surface area (Å²) in [6.45, 7) is 6.85. The topological polar surface area (TPSA) is 58.6 Å². The van der Waals surface area contributed by atoms with Gasteiger partial charge in [0.25, 0.3) is 0 Å². The van der Waals surface area contributed by atoms with Crippen molar-refractivity contribution in [3.8, 4) is 0 Å². The molecule has 0 saturated carbocycles. The van der Waals surface area contributed by atoms with Crippen LogP contribution in [0.3, 0.4) is 0 Å². The molecule has 0 radical (unpaired) electrons. The Hall–Kier alpha value is -2.18. The summed E-state index contributed by atoms with van der Waals surface area (Å²) in [4.78, 5) is 25.4. The van der Waals surface area contributed by atoms with Crippen LogP contribution in [0.5, 0.6) is 0 Å². The zero-order valence-corrected chi connectivity index (χ0v) is 16.8. The number of halogens is 1.